The second-order valence-electron chi connectivity index (χ2n) is 6.65. The van der Waals surface area contributed by atoms with Crippen LogP contribution in [0.25, 0.3) is 0 Å². The van der Waals surface area contributed by atoms with Crippen molar-refractivity contribution in [2.75, 3.05) is 37.7 Å². The number of rotatable bonds is 4. The molecule has 2 aliphatic rings. The molecular formula is C19H23N5O2. The lowest BCUT2D eigenvalue weighted by molar-refractivity contribution is -0.132. The second kappa shape index (κ2) is 7.78. The molecule has 0 saturated carbocycles. The number of nitrogens with zero attached hydrogens (tertiary/aromatic N) is 5. The molecule has 136 valence electrons. The number of hydrogen-bond donors (Lipinski definition) is 0. The standard InChI is InChI=1S/C19H23N5O2/c25-18(4-3-15-2-1-6-20-12-15)24-7-5-16-17(13-24)21-14-22-19(16)23-8-10-26-11-9-23/h1-2,6,12,14H,3-5,7-11,13H2. The summed E-state index contributed by atoms with van der Waals surface area (Å²) in [6, 6.07) is 3.91. The maximum absolute atomic E-state index is 12.6. The summed E-state index contributed by atoms with van der Waals surface area (Å²) in [5.41, 5.74) is 3.25. The average molecular weight is 353 g/mol. The molecule has 0 N–H and O–H groups in total. The summed E-state index contributed by atoms with van der Waals surface area (Å²) >= 11 is 0. The SMILES string of the molecule is O=C(CCc1cccnc1)N1CCc2c(ncnc2N2CCOCC2)C1. The summed E-state index contributed by atoms with van der Waals surface area (Å²) in [5.74, 6) is 1.19. The maximum atomic E-state index is 12.6. The number of aromatic nitrogens is 3. The van der Waals surface area contributed by atoms with E-state index in [9.17, 15) is 4.79 Å². The average Bonchev–Trinajstić information content (AvgIpc) is 2.72. The van der Waals surface area contributed by atoms with Crippen LogP contribution in [0.4, 0.5) is 5.82 Å². The molecule has 0 aliphatic carbocycles. The lowest BCUT2D eigenvalue weighted by Gasteiger charge is -2.33. The summed E-state index contributed by atoms with van der Waals surface area (Å²) < 4.78 is 5.43. The van der Waals surface area contributed by atoms with Crippen molar-refractivity contribution in [3.8, 4) is 0 Å². The molecule has 1 amide bonds. The number of pyridine rings is 1. The highest BCUT2D eigenvalue weighted by atomic mass is 16.5. The third kappa shape index (κ3) is 3.67. The number of anilines is 1. The van der Waals surface area contributed by atoms with Crippen LogP contribution < -0.4 is 4.90 Å². The van der Waals surface area contributed by atoms with Gasteiger partial charge in [0.05, 0.1) is 25.5 Å². The molecule has 4 rings (SSSR count). The minimum absolute atomic E-state index is 0.172. The predicted molar refractivity (Wildman–Crippen MR) is 96.7 cm³/mol. The van der Waals surface area contributed by atoms with Crippen LogP contribution in [0, 0.1) is 0 Å². The van der Waals surface area contributed by atoms with Crippen LogP contribution in [0.15, 0.2) is 30.9 Å². The van der Waals surface area contributed by atoms with Gasteiger partial charge in [-0.05, 0) is 24.5 Å². The van der Waals surface area contributed by atoms with E-state index >= 15 is 0 Å². The van der Waals surface area contributed by atoms with E-state index in [1.165, 1.54) is 5.56 Å². The van der Waals surface area contributed by atoms with Crippen molar-refractivity contribution in [3.63, 3.8) is 0 Å². The van der Waals surface area contributed by atoms with Crippen LogP contribution in [-0.2, 0) is 28.9 Å². The van der Waals surface area contributed by atoms with Gasteiger partial charge in [0.1, 0.15) is 12.1 Å². The Hall–Kier alpha value is -2.54. The first-order valence-corrected chi connectivity index (χ1v) is 9.13. The van der Waals surface area contributed by atoms with Gasteiger partial charge in [0, 0.05) is 44.0 Å². The van der Waals surface area contributed by atoms with Crippen molar-refractivity contribution in [1.82, 2.24) is 19.9 Å². The molecule has 2 aliphatic heterocycles. The van der Waals surface area contributed by atoms with Crippen molar-refractivity contribution in [3.05, 3.63) is 47.7 Å². The zero-order valence-electron chi connectivity index (χ0n) is 14.8. The summed E-state index contributed by atoms with van der Waals surface area (Å²) in [6.07, 6.45) is 7.22. The molecule has 0 bridgehead atoms. The number of carbonyl (C=O) groups excluding carboxylic acids is 1. The molecule has 2 aromatic rings. The third-order valence-electron chi connectivity index (χ3n) is 5.00. The third-order valence-corrected chi connectivity index (χ3v) is 5.00. The Labute approximate surface area is 153 Å². The Bertz CT molecular complexity index is 762. The van der Waals surface area contributed by atoms with Crippen LogP contribution in [-0.4, -0.2) is 58.6 Å². The van der Waals surface area contributed by atoms with Crippen molar-refractivity contribution in [1.29, 1.82) is 0 Å². The molecule has 0 atom stereocenters. The van der Waals surface area contributed by atoms with Crippen molar-refractivity contribution in [2.45, 2.75) is 25.8 Å². The predicted octanol–water partition coefficient (Wildman–Crippen LogP) is 1.23. The molecule has 7 heteroatoms. The minimum Gasteiger partial charge on any atom is -0.378 e. The molecular weight excluding hydrogens is 330 g/mol. The highest BCUT2D eigenvalue weighted by Gasteiger charge is 2.26. The number of fused-ring (bicyclic) bond motifs is 1. The smallest absolute Gasteiger partial charge is 0.223 e. The lowest BCUT2D eigenvalue weighted by atomic mass is 10.0. The molecule has 2 aromatic heterocycles. The Morgan fingerprint density at radius 3 is 2.88 bits per heavy atom. The second-order valence-corrected chi connectivity index (χ2v) is 6.65. The fourth-order valence-electron chi connectivity index (χ4n) is 3.55. The van der Waals surface area contributed by atoms with Crippen LogP contribution in [0.2, 0.25) is 0 Å². The van der Waals surface area contributed by atoms with E-state index in [2.05, 4.69) is 19.9 Å². The number of carbonyl (C=O) groups is 1. The Balaban J connectivity index is 1.42. The van der Waals surface area contributed by atoms with Gasteiger partial charge in [-0.1, -0.05) is 6.07 Å². The Kier molecular flexibility index (Phi) is 5.06. The van der Waals surface area contributed by atoms with Gasteiger partial charge >= 0.3 is 0 Å². The van der Waals surface area contributed by atoms with Crippen LogP contribution in [0.5, 0.6) is 0 Å². The Morgan fingerprint density at radius 2 is 2.08 bits per heavy atom. The zero-order valence-corrected chi connectivity index (χ0v) is 14.8. The van der Waals surface area contributed by atoms with Crippen LogP contribution in [0.3, 0.4) is 0 Å². The topological polar surface area (TPSA) is 71.5 Å². The minimum atomic E-state index is 0.172. The molecule has 0 unspecified atom stereocenters. The van der Waals surface area contributed by atoms with E-state index in [-0.39, 0.29) is 5.91 Å². The molecule has 4 heterocycles. The number of amides is 1. The van der Waals surface area contributed by atoms with Gasteiger partial charge < -0.3 is 14.5 Å². The highest BCUT2D eigenvalue weighted by Crippen LogP contribution is 2.26. The van der Waals surface area contributed by atoms with Gasteiger partial charge in [0.15, 0.2) is 0 Å². The summed E-state index contributed by atoms with van der Waals surface area (Å²) in [6.45, 7) is 4.48. The van der Waals surface area contributed by atoms with Gasteiger partial charge in [0.2, 0.25) is 5.91 Å². The summed E-state index contributed by atoms with van der Waals surface area (Å²) in [5, 5.41) is 0. The van der Waals surface area contributed by atoms with Crippen molar-refractivity contribution in [2.24, 2.45) is 0 Å². The van der Waals surface area contributed by atoms with Crippen molar-refractivity contribution >= 4 is 11.7 Å². The zero-order chi connectivity index (χ0) is 17.8. The number of aryl methyl sites for hydroxylation is 1. The van der Waals surface area contributed by atoms with E-state index in [0.717, 1.165) is 62.8 Å². The fourth-order valence-corrected chi connectivity index (χ4v) is 3.55. The molecule has 0 spiro atoms. The van der Waals surface area contributed by atoms with E-state index < -0.39 is 0 Å². The van der Waals surface area contributed by atoms with Gasteiger partial charge in [-0.25, -0.2) is 9.97 Å². The molecule has 0 aromatic carbocycles. The highest BCUT2D eigenvalue weighted by molar-refractivity contribution is 5.77. The lowest BCUT2D eigenvalue weighted by Crippen LogP contribution is -2.40. The maximum Gasteiger partial charge on any atom is 0.223 e. The first-order valence-electron chi connectivity index (χ1n) is 9.13. The van der Waals surface area contributed by atoms with Gasteiger partial charge in [-0.3, -0.25) is 9.78 Å². The van der Waals surface area contributed by atoms with E-state index in [1.807, 2.05) is 23.2 Å². The summed E-state index contributed by atoms with van der Waals surface area (Å²) in [7, 11) is 0. The van der Waals surface area contributed by atoms with Gasteiger partial charge in [-0.2, -0.15) is 0 Å². The van der Waals surface area contributed by atoms with E-state index in [0.29, 0.717) is 13.0 Å². The van der Waals surface area contributed by atoms with E-state index in [4.69, 9.17) is 4.74 Å². The first-order chi connectivity index (χ1) is 12.8. The monoisotopic (exact) mass is 353 g/mol. The number of ether oxygens (including phenoxy) is 1. The largest absolute Gasteiger partial charge is 0.378 e. The fraction of sp³-hybridized carbons (Fsp3) is 0.474. The van der Waals surface area contributed by atoms with E-state index in [1.54, 1.807) is 12.5 Å². The molecule has 0 radical (unpaired) electrons. The van der Waals surface area contributed by atoms with Gasteiger partial charge in [-0.15, -0.1) is 0 Å². The quantitative estimate of drug-likeness (QED) is 0.823. The van der Waals surface area contributed by atoms with Crippen LogP contribution in [0.1, 0.15) is 23.2 Å². The normalized spacial score (nSPS) is 17.1. The Morgan fingerprint density at radius 1 is 1.19 bits per heavy atom. The molecule has 1 fully saturated rings. The van der Waals surface area contributed by atoms with Crippen LogP contribution >= 0.6 is 0 Å². The summed E-state index contributed by atoms with van der Waals surface area (Å²) in [4.78, 5) is 29.8. The van der Waals surface area contributed by atoms with Crippen molar-refractivity contribution < 1.29 is 9.53 Å². The number of hydrogen-bond acceptors (Lipinski definition) is 6. The molecule has 7 nitrogen and oxygen atoms in total. The van der Waals surface area contributed by atoms with Gasteiger partial charge in [0.25, 0.3) is 0 Å². The first kappa shape index (κ1) is 16.9. The molecule has 1 saturated heterocycles. The molecule has 26 heavy (non-hydrogen) atoms. The number of morpholine rings is 1.